The maximum atomic E-state index is 13.0. The van der Waals surface area contributed by atoms with Gasteiger partial charge in [0.1, 0.15) is 5.82 Å². The Balaban J connectivity index is 2.39. The van der Waals surface area contributed by atoms with Crippen molar-refractivity contribution in [1.29, 1.82) is 0 Å². The minimum atomic E-state index is -0.262. The highest BCUT2D eigenvalue weighted by molar-refractivity contribution is 6.33. The first-order valence-electron chi connectivity index (χ1n) is 6.08. The molecular weight excluding hydrogens is 265 g/mol. The molecule has 0 radical (unpaired) electrons. The lowest BCUT2D eigenvalue weighted by molar-refractivity contribution is 0.282. The van der Waals surface area contributed by atoms with Gasteiger partial charge in [0.05, 0.1) is 17.3 Å². The van der Waals surface area contributed by atoms with Crippen LogP contribution in [-0.4, -0.2) is 11.7 Å². The smallest absolute Gasteiger partial charge is 0.123 e. The predicted molar refractivity (Wildman–Crippen MR) is 76.5 cm³/mol. The van der Waals surface area contributed by atoms with Gasteiger partial charge in [0.15, 0.2) is 0 Å². The van der Waals surface area contributed by atoms with E-state index in [-0.39, 0.29) is 12.4 Å². The molecule has 0 spiro atoms. The van der Waals surface area contributed by atoms with Gasteiger partial charge < -0.3 is 10.0 Å². The van der Waals surface area contributed by atoms with Crippen molar-refractivity contribution in [2.24, 2.45) is 0 Å². The van der Waals surface area contributed by atoms with Crippen LogP contribution in [0.15, 0.2) is 42.5 Å². The molecule has 0 saturated heterocycles. The van der Waals surface area contributed by atoms with Crippen LogP contribution >= 0.6 is 11.6 Å². The molecule has 2 aromatic rings. The Labute approximate surface area is 117 Å². The first-order valence-corrected chi connectivity index (χ1v) is 6.46. The van der Waals surface area contributed by atoms with Crippen molar-refractivity contribution in [2.45, 2.75) is 13.5 Å². The van der Waals surface area contributed by atoms with Crippen LogP contribution < -0.4 is 4.90 Å². The van der Waals surface area contributed by atoms with Crippen molar-refractivity contribution in [3.8, 4) is 0 Å². The summed E-state index contributed by atoms with van der Waals surface area (Å²) in [6.07, 6.45) is 0. The average Bonchev–Trinajstić information content (AvgIpc) is 2.43. The van der Waals surface area contributed by atoms with Crippen LogP contribution in [0.25, 0.3) is 0 Å². The van der Waals surface area contributed by atoms with E-state index in [1.54, 1.807) is 18.2 Å². The molecule has 0 heterocycles. The first kappa shape index (κ1) is 13.8. The number of benzene rings is 2. The Bertz CT molecular complexity index is 557. The maximum absolute atomic E-state index is 13.0. The number of hydrogen-bond donors (Lipinski definition) is 1. The SMILES string of the molecule is CCN(c1ccc(F)cc1)c1ccc(CO)cc1Cl. The zero-order chi connectivity index (χ0) is 13.8. The van der Waals surface area contributed by atoms with Crippen LogP contribution in [0.4, 0.5) is 15.8 Å². The fourth-order valence-corrected chi connectivity index (χ4v) is 2.29. The van der Waals surface area contributed by atoms with Crippen molar-refractivity contribution >= 4 is 23.0 Å². The average molecular weight is 280 g/mol. The topological polar surface area (TPSA) is 23.5 Å². The standard InChI is InChI=1S/C15H15ClFNO/c1-2-18(13-6-4-12(17)5-7-13)15-8-3-11(10-19)9-14(15)16/h3-9,19H,2,10H2,1H3. The second-order valence-corrected chi connectivity index (χ2v) is 4.57. The Kier molecular flexibility index (Phi) is 4.40. The fraction of sp³-hybridized carbons (Fsp3) is 0.200. The Hall–Kier alpha value is -1.58. The molecule has 0 bridgehead atoms. The number of anilines is 2. The van der Waals surface area contributed by atoms with Crippen LogP contribution in [0.1, 0.15) is 12.5 Å². The summed E-state index contributed by atoms with van der Waals surface area (Å²) in [6.45, 7) is 2.67. The minimum Gasteiger partial charge on any atom is -0.392 e. The summed E-state index contributed by atoms with van der Waals surface area (Å²) < 4.78 is 13.0. The highest BCUT2D eigenvalue weighted by Crippen LogP contribution is 2.32. The van der Waals surface area contributed by atoms with Crippen molar-refractivity contribution in [3.63, 3.8) is 0 Å². The summed E-state index contributed by atoms with van der Waals surface area (Å²) in [6, 6.07) is 11.7. The fourth-order valence-electron chi connectivity index (χ4n) is 1.98. The highest BCUT2D eigenvalue weighted by Gasteiger charge is 2.11. The molecular formula is C15H15ClFNO. The molecule has 0 aliphatic heterocycles. The Morgan fingerprint density at radius 2 is 1.84 bits per heavy atom. The number of halogens is 2. The largest absolute Gasteiger partial charge is 0.392 e. The first-order chi connectivity index (χ1) is 9.15. The van der Waals surface area contributed by atoms with Gasteiger partial charge in [0.25, 0.3) is 0 Å². The van der Waals surface area contributed by atoms with Gasteiger partial charge >= 0.3 is 0 Å². The van der Waals surface area contributed by atoms with Crippen LogP contribution in [0, 0.1) is 5.82 Å². The summed E-state index contributed by atoms with van der Waals surface area (Å²) in [5.41, 5.74) is 2.49. The Morgan fingerprint density at radius 3 is 2.37 bits per heavy atom. The number of nitrogens with zero attached hydrogens (tertiary/aromatic N) is 1. The molecule has 0 amide bonds. The van der Waals surface area contributed by atoms with Crippen LogP contribution in [-0.2, 0) is 6.61 Å². The number of aliphatic hydroxyl groups excluding tert-OH is 1. The van der Waals surface area contributed by atoms with Gasteiger partial charge in [-0.15, -0.1) is 0 Å². The molecule has 4 heteroatoms. The van der Waals surface area contributed by atoms with Gasteiger partial charge in [-0.2, -0.15) is 0 Å². The van der Waals surface area contributed by atoms with Gasteiger partial charge in [-0.1, -0.05) is 17.7 Å². The lowest BCUT2D eigenvalue weighted by Gasteiger charge is -2.24. The van der Waals surface area contributed by atoms with E-state index >= 15 is 0 Å². The van der Waals surface area contributed by atoms with Gasteiger partial charge in [-0.05, 0) is 48.9 Å². The lowest BCUT2D eigenvalue weighted by Crippen LogP contribution is -2.16. The lowest BCUT2D eigenvalue weighted by atomic mass is 10.2. The van der Waals surface area contributed by atoms with E-state index < -0.39 is 0 Å². The van der Waals surface area contributed by atoms with Crippen LogP contribution in [0.5, 0.6) is 0 Å². The predicted octanol–water partition coefficient (Wildman–Crippen LogP) is 4.13. The molecule has 2 nitrogen and oxygen atoms in total. The molecule has 1 N–H and O–H groups in total. The number of rotatable bonds is 4. The molecule has 0 aliphatic carbocycles. The minimum absolute atomic E-state index is 0.0390. The van der Waals surface area contributed by atoms with E-state index in [1.807, 2.05) is 24.0 Å². The summed E-state index contributed by atoms with van der Waals surface area (Å²) in [7, 11) is 0. The molecule has 0 fully saturated rings. The molecule has 0 atom stereocenters. The monoisotopic (exact) mass is 279 g/mol. The van der Waals surface area contributed by atoms with E-state index in [1.165, 1.54) is 12.1 Å². The molecule has 0 saturated carbocycles. The zero-order valence-electron chi connectivity index (χ0n) is 10.6. The van der Waals surface area contributed by atoms with Crippen molar-refractivity contribution in [3.05, 3.63) is 58.9 Å². The van der Waals surface area contributed by atoms with E-state index in [4.69, 9.17) is 16.7 Å². The van der Waals surface area contributed by atoms with E-state index in [9.17, 15) is 4.39 Å². The molecule has 0 aromatic heterocycles. The van der Waals surface area contributed by atoms with Gasteiger partial charge in [-0.25, -0.2) is 4.39 Å². The third kappa shape index (κ3) is 3.06. The Morgan fingerprint density at radius 1 is 1.16 bits per heavy atom. The zero-order valence-corrected chi connectivity index (χ0v) is 11.4. The van der Waals surface area contributed by atoms with E-state index in [0.717, 1.165) is 16.9 Å². The molecule has 19 heavy (non-hydrogen) atoms. The summed E-state index contributed by atoms with van der Waals surface area (Å²) >= 11 is 6.24. The second-order valence-electron chi connectivity index (χ2n) is 4.16. The molecule has 2 aromatic carbocycles. The van der Waals surface area contributed by atoms with Gasteiger partial charge in [0.2, 0.25) is 0 Å². The summed E-state index contributed by atoms with van der Waals surface area (Å²) in [5.74, 6) is -0.262. The van der Waals surface area contributed by atoms with Crippen molar-refractivity contribution in [1.82, 2.24) is 0 Å². The molecule has 0 aliphatic rings. The molecule has 100 valence electrons. The number of hydrogen-bond acceptors (Lipinski definition) is 2. The summed E-state index contributed by atoms with van der Waals surface area (Å²) in [4.78, 5) is 1.99. The maximum Gasteiger partial charge on any atom is 0.123 e. The normalized spacial score (nSPS) is 10.5. The van der Waals surface area contributed by atoms with E-state index in [2.05, 4.69) is 0 Å². The van der Waals surface area contributed by atoms with Crippen LogP contribution in [0.3, 0.4) is 0 Å². The van der Waals surface area contributed by atoms with Gasteiger partial charge in [-0.3, -0.25) is 0 Å². The third-order valence-electron chi connectivity index (χ3n) is 2.94. The highest BCUT2D eigenvalue weighted by atomic mass is 35.5. The second kappa shape index (κ2) is 6.04. The van der Waals surface area contributed by atoms with Crippen molar-refractivity contribution < 1.29 is 9.50 Å². The quantitative estimate of drug-likeness (QED) is 0.910. The third-order valence-corrected chi connectivity index (χ3v) is 3.24. The summed E-state index contributed by atoms with van der Waals surface area (Å²) in [5, 5.41) is 9.65. The van der Waals surface area contributed by atoms with Crippen molar-refractivity contribution in [2.75, 3.05) is 11.4 Å². The molecule has 0 unspecified atom stereocenters. The molecule has 2 rings (SSSR count). The van der Waals surface area contributed by atoms with E-state index in [0.29, 0.717) is 11.6 Å². The van der Waals surface area contributed by atoms with Crippen LogP contribution in [0.2, 0.25) is 5.02 Å². The number of aliphatic hydroxyl groups is 1. The van der Waals surface area contributed by atoms with Gasteiger partial charge in [0, 0.05) is 12.2 Å².